The standard InChI is InChI=1S/C10H8Br2ClN3O2S/c1-16-5-14-10(9(16)13)19(17,18)15-8-3-2-6(11)4-7(8)12/h2-5,15H,1H3. The van der Waals surface area contributed by atoms with E-state index in [0.29, 0.717) is 10.2 Å². The van der Waals surface area contributed by atoms with Crippen LogP contribution >= 0.6 is 43.5 Å². The van der Waals surface area contributed by atoms with E-state index in [9.17, 15) is 8.42 Å². The third kappa shape index (κ3) is 3.13. The molecule has 0 aliphatic heterocycles. The molecule has 0 aliphatic rings. The molecule has 0 radical (unpaired) electrons. The molecule has 0 bridgehead atoms. The normalized spacial score (nSPS) is 11.6. The number of aryl methyl sites for hydroxylation is 1. The van der Waals surface area contributed by atoms with Crippen molar-refractivity contribution in [2.45, 2.75) is 5.03 Å². The average molecular weight is 430 g/mol. The van der Waals surface area contributed by atoms with Crippen LogP contribution in [0.15, 0.2) is 38.5 Å². The monoisotopic (exact) mass is 427 g/mol. The molecule has 0 fully saturated rings. The maximum atomic E-state index is 12.2. The van der Waals surface area contributed by atoms with Crippen molar-refractivity contribution in [1.82, 2.24) is 9.55 Å². The molecule has 0 unspecified atom stereocenters. The van der Waals surface area contributed by atoms with Crippen LogP contribution in [0.1, 0.15) is 0 Å². The van der Waals surface area contributed by atoms with Crippen molar-refractivity contribution in [3.8, 4) is 0 Å². The average Bonchev–Trinajstić information content (AvgIpc) is 2.64. The molecule has 0 atom stereocenters. The second kappa shape index (κ2) is 5.43. The Bertz CT molecular complexity index is 730. The van der Waals surface area contributed by atoms with E-state index in [2.05, 4.69) is 41.6 Å². The lowest BCUT2D eigenvalue weighted by molar-refractivity contribution is 0.598. The summed E-state index contributed by atoms with van der Waals surface area (Å²) in [7, 11) is -2.20. The van der Waals surface area contributed by atoms with Gasteiger partial charge in [-0.25, -0.2) is 4.98 Å². The number of hydrogen-bond donors (Lipinski definition) is 1. The number of hydrogen-bond acceptors (Lipinski definition) is 3. The van der Waals surface area contributed by atoms with Gasteiger partial charge in [0.2, 0.25) is 5.03 Å². The minimum Gasteiger partial charge on any atom is -0.324 e. The quantitative estimate of drug-likeness (QED) is 0.814. The Morgan fingerprint density at radius 3 is 2.58 bits per heavy atom. The Labute approximate surface area is 132 Å². The molecule has 2 aromatic rings. The van der Waals surface area contributed by atoms with Crippen LogP contribution in [0.3, 0.4) is 0 Å². The first-order chi connectivity index (χ1) is 8.81. The van der Waals surface area contributed by atoms with Crippen molar-refractivity contribution in [3.63, 3.8) is 0 Å². The Morgan fingerprint density at radius 2 is 2.05 bits per heavy atom. The zero-order chi connectivity index (χ0) is 14.2. The summed E-state index contributed by atoms with van der Waals surface area (Å²) in [4.78, 5) is 3.79. The van der Waals surface area contributed by atoms with Gasteiger partial charge >= 0.3 is 0 Å². The topological polar surface area (TPSA) is 64.0 Å². The number of anilines is 1. The number of benzene rings is 1. The zero-order valence-electron chi connectivity index (χ0n) is 9.56. The second-order valence-corrected chi connectivity index (χ2v) is 7.41. The fraction of sp³-hybridized carbons (Fsp3) is 0.100. The molecular formula is C10H8Br2ClN3O2S. The van der Waals surface area contributed by atoms with Gasteiger partial charge in [-0.3, -0.25) is 4.72 Å². The molecule has 2 rings (SSSR count). The summed E-state index contributed by atoms with van der Waals surface area (Å²) in [6.07, 6.45) is 1.34. The van der Waals surface area contributed by atoms with E-state index in [1.807, 2.05) is 0 Å². The fourth-order valence-electron chi connectivity index (χ4n) is 1.34. The minimum atomic E-state index is -3.82. The van der Waals surface area contributed by atoms with Gasteiger partial charge in [-0.2, -0.15) is 8.42 Å². The predicted octanol–water partition coefficient (Wildman–Crippen LogP) is 3.40. The number of nitrogens with zero attached hydrogens (tertiary/aromatic N) is 2. The van der Waals surface area contributed by atoms with Crippen LogP contribution < -0.4 is 4.72 Å². The molecule has 1 N–H and O–H groups in total. The van der Waals surface area contributed by atoms with Gasteiger partial charge in [0.15, 0.2) is 0 Å². The number of sulfonamides is 1. The fourth-order valence-corrected chi connectivity index (χ4v) is 4.13. The van der Waals surface area contributed by atoms with Crippen LogP contribution in [0, 0.1) is 0 Å². The summed E-state index contributed by atoms with van der Waals surface area (Å²) in [5.74, 6) is 0. The molecule has 5 nitrogen and oxygen atoms in total. The highest BCUT2D eigenvalue weighted by Crippen LogP contribution is 2.29. The lowest BCUT2D eigenvalue weighted by Crippen LogP contribution is -2.14. The molecule has 19 heavy (non-hydrogen) atoms. The molecule has 9 heteroatoms. The van der Waals surface area contributed by atoms with Gasteiger partial charge < -0.3 is 4.57 Å². The molecule has 1 heterocycles. The molecule has 1 aromatic carbocycles. The number of halogens is 3. The first-order valence-electron chi connectivity index (χ1n) is 4.96. The largest absolute Gasteiger partial charge is 0.324 e. The first kappa shape index (κ1) is 14.8. The summed E-state index contributed by atoms with van der Waals surface area (Å²) in [6, 6.07) is 5.09. The van der Waals surface area contributed by atoms with Gasteiger partial charge in [-0.1, -0.05) is 27.5 Å². The first-order valence-corrected chi connectivity index (χ1v) is 8.40. The van der Waals surface area contributed by atoms with E-state index in [4.69, 9.17) is 11.6 Å². The predicted molar refractivity (Wildman–Crippen MR) is 80.9 cm³/mol. The zero-order valence-corrected chi connectivity index (χ0v) is 14.3. The van der Waals surface area contributed by atoms with Crippen molar-refractivity contribution in [2.24, 2.45) is 7.05 Å². The SMILES string of the molecule is Cn1cnc(S(=O)(=O)Nc2ccc(Br)cc2Br)c1Cl. The van der Waals surface area contributed by atoms with Crippen molar-refractivity contribution >= 4 is 59.2 Å². The third-order valence-corrected chi connectivity index (χ3v) is 5.27. The van der Waals surface area contributed by atoms with Crippen LogP contribution in [0.25, 0.3) is 0 Å². The van der Waals surface area contributed by atoms with Gasteiger partial charge in [-0.05, 0) is 34.1 Å². The molecule has 0 saturated heterocycles. The van der Waals surface area contributed by atoms with E-state index >= 15 is 0 Å². The highest BCUT2D eigenvalue weighted by Gasteiger charge is 2.23. The van der Waals surface area contributed by atoms with Crippen molar-refractivity contribution in [1.29, 1.82) is 0 Å². The maximum Gasteiger partial charge on any atom is 0.282 e. The van der Waals surface area contributed by atoms with Gasteiger partial charge in [0.1, 0.15) is 5.15 Å². The summed E-state index contributed by atoms with van der Waals surface area (Å²) in [6.45, 7) is 0. The molecule has 0 amide bonds. The van der Waals surface area contributed by atoms with E-state index in [0.717, 1.165) is 4.47 Å². The van der Waals surface area contributed by atoms with Crippen LogP contribution in [-0.2, 0) is 17.1 Å². The van der Waals surface area contributed by atoms with Crippen LogP contribution in [0.4, 0.5) is 5.69 Å². The maximum absolute atomic E-state index is 12.2. The molecule has 1 aromatic heterocycles. The summed E-state index contributed by atoms with van der Waals surface area (Å²) in [5.41, 5.74) is 0.407. The summed E-state index contributed by atoms with van der Waals surface area (Å²) in [5, 5.41) is -0.146. The number of imidazole rings is 1. The Balaban J connectivity index is 2.39. The van der Waals surface area contributed by atoms with Crippen LogP contribution in [0.5, 0.6) is 0 Å². The van der Waals surface area contributed by atoms with E-state index in [1.165, 1.54) is 10.9 Å². The minimum absolute atomic E-state index is 0.0562. The van der Waals surface area contributed by atoms with E-state index < -0.39 is 10.0 Å². The van der Waals surface area contributed by atoms with Gasteiger partial charge in [-0.15, -0.1) is 0 Å². The molecule has 0 spiro atoms. The summed E-state index contributed by atoms with van der Waals surface area (Å²) < 4.78 is 29.6. The van der Waals surface area contributed by atoms with Crippen molar-refractivity contribution < 1.29 is 8.42 Å². The number of rotatable bonds is 3. The Morgan fingerprint density at radius 1 is 1.37 bits per heavy atom. The molecule has 0 aliphatic carbocycles. The summed E-state index contributed by atoms with van der Waals surface area (Å²) >= 11 is 12.5. The highest BCUT2D eigenvalue weighted by molar-refractivity contribution is 9.11. The van der Waals surface area contributed by atoms with Crippen LogP contribution in [-0.4, -0.2) is 18.0 Å². The van der Waals surface area contributed by atoms with Crippen molar-refractivity contribution in [3.05, 3.63) is 38.6 Å². The molecule has 0 saturated carbocycles. The van der Waals surface area contributed by atoms with Gasteiger partial charge in [0.05, 0.1) is 12.0 Å². The Kier molecular flexibility index (Phi) is 4.24. The lowest BCUT2D eigenvalue weighted by Gasteiger charge is -2.08. The number of aromatic nitrogens is 2. The third-order valence-electron chi connectivity index (χ3n) is 2.26. The second-order valence-electron chi connectivity index (χ2n) is 3.68. The van der Waals surface area contributed by atoms with Gasteiger partial charge in [0, 0.05) is 16.0 Å². The Hall–Kier alpha value is -0.570. The van der Waals surface area contributed by atoms with E-state index in [1.54, 1.807) is 25.2 Å². The van der Waals surface area contributed by atoms with Crippen LogP contribution in [0.2, 0.25) is 5.15 Å². The lowest BCUT2D eigenvalue weighted by atomic mass is 10.3. The van der Waals surface area contributed by atoms with Gasteiger partial charge in [0.25, 0.3) is 10.0 Å². The van der Waals surface area contributed by atoms with E-state index in [-0.39, 0.29) is 10.2 Å². The molecular weight excluding hydrogens is 421 g/mol. The number of nitrogens with one attached hydrogen (secondary N) is 1. The molecule has 102 valence electrons. The highest BCUT2D eigenvalue weighted by atomic mass is 79.9. The van der Waals surface area contributed by atoms with Crippen molar-refractivity contribution in [2.75, 3.05) is 4.72 Å². The smallest absolute Gasteiger partial charge is 0.282 e.